The topological polar surface area (TPSA) is 86.1 Å². The number of thioether (sulfide) groups is 1. The van der Waals surface area contributed by atoms with E-state index < -0.39 is 0 Å². The quantitative estimate of drug-likeness (QED) is 0.338. The van der Waals surface area contributed by atoms with Gasteiger partial charge >= 0.3 is 5.97 Å². The summed E-state index contributed by atoms with van der Waals surface area (Å²) >= 11 is 3.19. The number of fused-ring (bicyclic) bond motifs is 1. The first-order valence-corrected chi connectivity index (χ1v) is 12.4. The third-order valence-electron chi connectivity index (χ3n) is 5.34. The van der Waals surface area contributed by atoms with Crippen LogP contribution in [0.15, 0.2) is 11.2 Å². The predicted molar refractivity (Wildman–Crippen MR) is 120 cm³/mol. The van der Waals surface area contributed by atoms with Crippen molar-refractivity contribution in [1.29, 1.82) is 0 Å². The summed E-state index contributed by atoms with van der Waals surface area (Å²) in [4.78, 5) is 26.0. The molecule has 0 aliphatic heterocycles. The van der Waals surface area contributed by atoms with Crippen LogP contribution in [0.25, 0.3) is 10.7 Å². The molecule has 0 fully saturated rings. The van der Waals surface area contributed by atoms with E-state index in [0.717, 1.165) is 34.6 Å². The molecule has 1 aliphatic rings. The Labute approximate surface area is 186 Å². The van der Waals surface area contributed by atoms with Crippen molar-refractivity contribution in [3.05, 3.63) is 16.5 Å². The monoisotopic (exact) mass is 450 g/mol. The van der Waals surface area contributed by atoms with Crippen LogP contribution in [0.3, 0.4) is 0 Å². The van der Waals surface area contributed by atoms with Crippen LogP contribution < -0.4 is 5.32 Å². The van der Waals surface area contributed by atoms with Gasteiger partial charge in [0.05, 0.1) is 17.2 Å². The predicted octanol–water partition coefficient (Wildman–Crippen LogP) is 3.61. The van der Waals surface area contributed by atoms with Crippen LogP contribution in [-0.2, 0) is 34.2 Å². The molecule has 1 atom stereocenters. The van der Waals surface area contributed by atoms with Crippen LogP contribution in [0.1, 0.15) is 50.0 Å². The molecule has 1 aliphatic carbocycles. The number of rotatable bonds is 10. The summed E-state index contributed by atoms with van der Waals surface area (Å²) < 4.78 is 6.84. The van der Waals surface area contributed by atoms with E-state index >= 15 is 0 Å². The molecule has 2 aromatic heterocycles. The lowest BCUT2D eigenvalue weighted by Crippen LogP contribution is -2.26. The Morgan fingerprint density at radius 2 is 2.20 bits per heavy atom. The highest BCUT2D eigenvalue weighted by Gasteiger charge is 2.22. The molecule has 2 heterocycles. The van der Waals surface area contributed by atoms with Gasteiger partial charge in [-0.2, -0.15) is 0 Å². The molecule has 0 spiro atoms. The summed E-state index contributed by atoms with van der Waals surface area (Å²) in [5, 5.41) is 12.2. The molecule has 0 unspecified atom stereocenters. The SMILES string of the molecule is CCOC(=O)CCCNC(=O)CSc1nnc(-c2cc3c(s2)CC[C@@H](CC)C3)n1C. The average Bonchev–Trinajstić information content (AvgIpc) is 3.32. The summed E-state index contributed by atoms with van der Waals surface area (Å²) in [6, 6.07) is 2.27. The first-order chi connectivity index (χ1) is 14.5. The summed E-state index contributed by atoms with van der Waals surface area (Å²) in [5.41, 5.74) is 1.47. The number of ether oxygens (including phenoxy) is 1. The van der Waals surface area contributed by atoms with E-state index in [1.165, 1.54) is 35.0 Å². The van der Waals surface area contributed by atoms with Crippen molar-refractivity contribution < 1.29 is 14.3 Å². The lowest BCUT2D eigenvalue weighted by molar-refractivity contribution is -0.143. The van der Waals surface area contributed by atoms with Gasteiger partial charge in [-0.3, -0.25) is 9.59 Å². The molecule has 0 radical (unpaired) electrons. The zero-order chi connectivity index (χ0) is 21.5. The molecule has 30 heavy (non-hydrogen) atoms. The molecule has 1 amide bonds. The molecule has 164 valence electrons. The highest BCUT2D eigenvalue weighted by atomic mass is 32.2. The molecule has 3 rings (SSSR count). The largest absolute Gasteiger partial charge is 0.466 e. The number of thiophene rings is 1. The Morgan fingerprint density at radius 3 is 2.97 bits per heavy atom. The van der Waals surface area contributed by atoms with E-state index in [2.05, 4.69) is 28.5 Å². The van der Waals surface area contributed by atoms with E-state index in [1.807, 2.05) is 23.0 Å². The minimum absolute atomic E-state index is 0.0781. The lowest BCUT2D eigenvalue weighted by atomic mass is 9.87. The third-order valence-corrected chi connectivity index (χ3v) is 7.59. The van der Waals surface area contributed by atoms with Crippen LogP contribution in [0, 0.1) is 5.92 Å². The fraction of sp³-hybridized carbons (Fsp3) is 0.619. The van der Waals surface area contributed by atoms with E-state index in [-0.39, 0.29) is 17.6 Å². The van der Waals surface area contributed by atoms with Crippen molar-refractivity contribution in [1.82, 2.24) is 20.1 Å². The van der Waals surface area contributed by atoms with Crippen molar-refractivity contribution in [3.8, 4) is 10.7 Å². The summed E-state index contributed by atoms with van der Waals surface area (Å²) in [7, 11) is 1.95. The van der Waals surface area contributed by atoms with Gasteiger partial charge in [0, 0.05) is 24.9 Å². The Bertz CT molecular complexity index is 878. The zero-order valence-electron chi connectivity index (χ0n) is 17.9. The molecule has 1 N–H and O–H groups in total. The van der Waals surface area contributed by atoms with E-state index in [4.69, 9.17) is 4.74 Å². The summed E-state index contributed by atoms with van der Waals surface area (Å²) in [6.07, 6.45) is 5.73. The number of hydrogen-bond acceptors (Lipinski definition) is 7. The number of hydrogen-bond donors (Lipinski definition) is 1. The standard InChI is InChI=1S/C21H30N4O3S2/c1-4-14-8-9-16-15(11-14)12-17(30-16)20-23-24-21(25(20)3)29-13-18(26)22-10-6-7-19(27)28-5-2/h12,14H,4-11,13H2,1-3H3,(H,22,26)/t14-/m1/s1. The fourth-order valence-corrected chi connectivity index (χ4v) is 5.56. The molecule has 0 saturated carbocycles. The minimum Gasteiger partial charge on any atom is -0.466 e. The maximum Gasteiger partial charge on any atom is 0.305 e. The zero-order valence-corrected chi connectivity index (χ0v) is 19.5. The van der Waals surface area contributed by atoms with Crippen molar-refractivity contribution >= 4 is 35.0 Å². The summed E-state index contributed by atoms with van der Waals surface area (Å²) in [5.74, 6) is 1.62. The average molecular weight is 451 g/mol. The summed E-state index contributed by atoms with van der Waals surface area (Å²) in [6.45, 7) is 4.89. The number of carbonyl (C=O) groups is 2. The van der Waals surface area contributed by atoms with Gasteiger partial charge in [-0.05, 0) is 50.2 Å². The van der Waals surface area contributed by atoms with Gasteiger partial charge in [0.15, 0.2) is 11.0 Å². The number of esters is 1. The molecular weight excluding hydrogens is 420 g/mol. The number of aryl methyl sites for hydroxylation is 1. The molecule has 0 bridgehead atoms. The second-order valence-corrected chi connectivity index (χ2v) is 9.57. The normalized spacial score (nSPS) is 15.6. The van der Waals surface area contributed by atoms with Gasteiger partial charge in [0.25, 0.3) is 0 Å². The second-order valence-electron chi connectivity index (χ2n) is 7.49. The first-order valence-electron chi connectivity index (χ1n) is 10.6. The smallest absolute Gasteiger partial charge is 0.305 e. The first kappa shape index (κ1) is 22.8. The highest BCUT2D eigenvalue weighted by Crippen LogP contribution is 2.37. The number of carbonyl (C=O) groups excluding carboxylic acids is 2. The van der Waals surface area contributed by atoms with Crippen LogP contribution in [0.4, 0.5) is 0 Å². The Kier molecular flexibility index (Phi) is 8.32. The van der Waals surface area contributed by atoms with E-state index in [0.29, 0.717) is 26.0 Å². The van der Waals surface area contributed by atoms with Gasteiger partial charge in [-0.1, -0.05) is 25.1 Å². The maximum atomic E-state index is 12.1. The molecule has 0 aromatic carbocycles. The van der Waals surface area contributed by atoms with Crippen LogP contribution in [0.2, 0.25) is 0 Å². The minimum atomic E-state index is -0.229. The lowest BCUT2D eigenvalue weighted by Gasteiger charge is -2.19. The van der Waals surface area contributed by atoms with Gasteiger partial charge in [0.2, 0.25) is 5.91 Å². The number of nitrogens with one attached hydrogen (secondary N) is 1. The van der Waals surface area contributed by atoms with Crippen LogP contribution >= 0.6 is 23.1 Å². The Hall–Kier alpha value is -1.87. The molecule has 7 nitrogen and oxygen atoms in total. The fourth-order valence-electron chi connectivity index (χ4n) is 3.59. The molecule has 9 heteroatoms. The highest BCUT2D eigenvalue weighted by molar-refractivity contribution is 7.99. The van der Waals surface area contributed by atoms with Gasteiger partial charge < -0.3 is 14.6 Å². The number of amides is 1. The molecule has 2 aromatic rings. The number of nitrogens with zero attached hydrogens (tertiary/aromatic N) is 3. The van der Waals surface area contributed by atoms with Crippen molar-refractivity contribution in [2.75, 3.05) is 18.9 Å². The Morgan fingerprint density at radius 1 is 1.37 bits per heavy atom. The van der Waals surface area contributed by atoms with Crippen LogP contribution in [-0.4, -0.2) is 45.5 Å². The van der Waals surface area contributed by atoms with Crippen molar-refractivity contribution in [3.63, 3.8) is 0 Å². The maximum absolute atomic E-state index is 12.1. The Balaban J connectivity index is 1.49. The number of aromatic nitrogens is 3. The van der Waals surface area contributed by atoms with Crippen molar-refractivity contribution in [2.45, 2.75) is 57.5 Å². The van der Waals surface area contributed by atoms with Gasteiger partial charge in [-0.25, -0.2) is 0 Å². The van der Waals surface area contributed by atoms with E-state index in [1.54, 1.807) is 6.92 Å². The second kappa shape index (κ2) is 10.9. The van der Waals surface area contributed by atoms with Crippen LogP contribution in [0.5, 0.6) is 0 Å². The molecular formula is C21H30N4O3S2. The third kappa shape index (κ3) is 5.85. The van der Waals surface area contributed by atoms with Crippen molar-refractivity contribution in [2.24, 2.45) is 13.0 Å². The van der Waals surface area contributed by atoms with E-state index in [9.17, 15) is 9.59 Å². The molecule has 0 saturated heterocycles. The van der Waals surface area contributed by atoms with Gasteiger partial charge in [0.1, 0.15) is 0 Å². The van der Waals surface area contributed by atoms with Gasteiger partial charge in [-0.15, -0.1) is 21.5 Å².